The number of piperidine rings is 4. The van der Waals surface area contributed by atoms with E-state index in [2.05, 4.69) is 72.1 Å². The standard InChI is InChI=1S/C31H39N5O2.C8H17NO.C5H11N.C3H7BrO/c1-3-35-17-12-31(13-18-35)29-25-20-23(8-10-26(25)32-22-27(29)34(2)30(31)37)24-9-11-28(33-21-24)38-19-7-16-36-14-5-4-6-15-36;10-8-4-7-9-5-2-1-3-6-9;1-2-4-6-5-3-1;4-2-1-3-5/h8-11,20-22H,3-7,12-19H2,1-2H3;10H,1-8H2;6H,1-5H2;5H,1-3H2. The van der Waals surface area contributed by atoms with E-state index in [1.54, 1.807) is 0 Å². The van der Waals surface area contributed by atoms with Crippen molar-refractivity contribution in [3.05, 3.63) is 48.3 Å². The summed E-state index contributed by atoms with van der Waals surface area (Å²) in [6.07, 6.45) is 20.6. The second kappa shape index (κ2) is 25.9. The number of halogens is 1. The number of nitrogens with one attached hydrogen (secondary N) is 1. The van der Waals surface area contributed by atoms with Crippen molar-refractivity contribution in [2.45, 2.75) is 102 Å². The summed E-state index contributed by atoms with van der Waals surface area (Å²) in [4.78, 5) is 32.2. The van der Waals surface area contributed by atoms with Crippen LogP contribution in [0.1, 0.15) is 102 Å². The van der Waals surface area contributed by atoms with Gasteiger partial charge in [-0.15, -0.1) is 0 Å². The quantitative estimate of drug-likeness (QED) is 0.127. The highest BCUT2D eigenvalue weighted by Gasteiger charge is 2.52. The first-order valence-corrected chi connectivity index (χ1v) is 24.0. The minimum Gasteiger partial charge on any atom is -0.478 e. The van der Waals surface area contributed by atoms with E-state index >= 15 is 0 Å². The number of aromatic nitrogens is 2. The minimum atomic E-state index is -0.459. The number of ether oxygens (including phenoxy) is 1. The van der Waals surface area contributed by atoms with Crippen LogP contribution in [0.4, 0.5) is 5.69 Å². The van der Waals surface area contributed by atoms with Crippen LogP contribution in [-0.4, -0.2) is 145 Å². The number of nitrogens with zero attached hydrogens (tertiary/aromatic N) is 6. The number of aliphatic hydroxyl groups excluding tert-OH is 2. The highest BCUT2D eigenvalue weighted by molar-refractivity contribution is 9.09. The van der Waals surface area contributed by atoms with Gasteiger partial charge in [-0.05, 0) is 153 Å². The molecule has 59 heavy (non-hydrogen) atoms. The normalized spacial score (nSPS) is 19.5. The number of carbonyl (C=O) groups excluding carboxylic acids is 1. The number of amides is 1. The number of likely N-dealkylation sites (N-methyl/N-ethyl adjacent to an activating group) is 1. The van der Waals surface area contributed by atoms with Crippen LogP contribution in [0.2, 0.25) is 0 Å². The fourth-order valence-electron chi connectivity index (χ4n) is 8.99. The number of carbonyl (C=O) groups is 1. The molecule has 0 atom stereocenters. The summed E-state index contributed by atoms with van der Waals surface area (Å²) in [7, 11) is 1.90. The number of anilines is 1. The predicted octanol–water partition coefficient (Wildman–Crippen LogP) is 7.26. The van der Waals surface area contributed by atoms with Crippen LogP contribution in [0.15, 0.2) is 42.7 Å². The van der Waals surface area contributed by atoms with Crippen molar-refractivity contribution in [2.24, 2.45) is 0 Å². The molecule has 3 N–H and O–H groups in total. The van der Waals surface area contributed by atoms with Gasteiger partial charge in [0.25, 0.3) is 0 Å². The summed E-state index contributed by atoms with van der Waals surface area (Å²) in [5.74, 6) is 0.885. The Morgan fingerprint density at radius 2 is 1.37 bits per heavy atom. The number of hydrogen-bond donors (Lipinski definition) is 3. The Morgan fingerprint density at radius 1 is 0.746 bits per heavy atom. The molecular weight excluding hydrogens is 806 g/mol. The smallest absolute Gasteiger partial charge is 0.237 e. The number of pyridine rings is 2. The summed E-state index contributed by atoms with van der Waals surface area (Å²) >= 11 is 3.15. The van der Waals surface area contributed by atoms with E-state index in [1.807, 2.05) is 30.4 Å². The van der Waals surface area contributed by atoms with Gasteiger partial charge in [0.15, 0.2) is 0 Å². The topological polar surface area (TPSA) is 118 Å². The van der Waals surface area contributed by atoms with Gasteiger partial charge in [-0.2, -0.15) is 0 Å². The molecule has 4 saturated heterocycles. The lowest BCUT2D eigenvalue weighted by atomic mass is 9.72. The molecule has 11 nitrogen and oxygen atoms in total. The Balaban J connectivity index is 0.000000256. The monoisotopic (exact) mass is 879 g/mol. The van der Waals surface area contributed by atoms with E-state index in [1.165, 1.54) is 97.1 Å². The van der Waals surface area contributed by atoms with Crippen LogP contribution in [0, 0.1) is 0 Å². The molecule has 5 aliphatic rings. The number of rotatable bonds is 12. The molecule has 328 valence electrons. The molecule has 0 aliphatic carbocycles. The minimum absolute atomic E-state index is 0.214. The van der Waals surface area contributed by atoms with E-state index in [-0.39, 0.29) is 5.91 Å². The summed E-state index contributed by atoms with van der Waals surface area (Å²) in [5, 5.41) is 21.9. The predicted molar refractivity (Wildman–Crippen MR) is 246 cm³/mol. The first kappa shape index (κ1) is 47.3. The van der Waals surface area contributed by atoms with Crippen molar-refractivity contribution in [1.29, 1.82) is 0 Å². The van der Waals surface area contributed by atoms with Crippen LogP contribution in [0.25, 0.3) is 22.0 Å². The fraction of sp³-hybridized carbons (Fsp3) is 0.681. The molecule has 1 spiro atoms. The van der Waals surface area contributed by atoms with Gasteiger partial charge in [0, 0.05) is 67.5 Å². The molecule has 12 heteroatoms. The number of alkyl halides is 1. The number of likely N-dealkylation sites (tertiary alicyclic amines) is 3. The van der Waals surface area contributed by atoms with E-state index in [0.29, 0.717) is 25.7 Å². The first-order valence-electron chi connectivity index (χ1n) is 22.9. The highest BCUT2D eigenvalue weighted by atomic mass is 79.9. The zero-order valence-corrected chi connectivity index (χ0v) is 37.9. The highest BCUT2D eigenvalue weighted by Crippen LogP contribution is 2.50. The lowest BCUT2D eigenvalue weighted by Gasteiger charge is -2.38. The van der Waals surface area contributed by atoms with Crippen molar-refractivity contribution < 1.29 is 19.7 Å². The molecule has 3 aromatic rings. The second-order valence-corrected chi connectivity index (χ2v) is 17.5. The SMILES string of the molecule is C1CCNCC1.CCN1CCC2(CC1)C(=O)N(C)c1cnc3ccc(-c4ccc(OCCCN5CCCCC5)nc4)cc3c12.OCCCBr.OCCCN1CCCCC1. The number of benzene rings is 1. The summed E-state index contributed by atoms with van der Waals surface area (Å²) < 4.78 is 5.94. The van der Waals surface area contributed by atoms with Crippen molar-refractivity contribution >= 4 is 38.4 Å². The maximum absolute atomic E-state index is 13.6. The van der Waals surface area contributed by atoms with Gasteiger partial charge in [-0.25, -0.2) is 4.98 Å². The van der Waals surface area contributed by atoms with Gasteiger partial charge >= 0.3 is 0 Å². The molecule has 0 bridgehead atoms. The third-order valence-corrected chi connectivity index (χ3v) is 13.1. The van der Waals surface area contributed by atoms with Gasteiger partial charge < -0.3 is 39.9 Å². The van der Waals surface area contributed by atoms with E-state index in [9.17, 15) is 4.79 Å². The van der Waals surface area contributed by atoms with Crippen molar-refractivity contribution in [3.63, 3.8) is 0 Å². The Labute approximate surface area is 363 Å². The van der Waals surface area contributed by atoms with Crippen molar-refractivity contribution in [3.8, 4) is 17.0 Å². The van der Waals surface area contributed by atoms with E-state index < -0.39 is 5.41 Å². The maximum Gasteiger partial charge on any atom is 0.237 e. The van der Waals surface area contributed by atoms with Crippen LogP contribution in [0.3, 0.4) is 0 Å². The Bertz CT molecular complexity index is 1630. The second-order valence-electron chi connectivity index (χ2n) is 16.7. The van der Waals surface area contributed by atoms with Crippen LogP contribution >= 0.6 is 15.9 Å². The zero-order chi connectivity index (χ0) is 41.7. The fourth-order valence-corrected chi connectivity index (χ4v) is 9.25. The van der Waals surface area contributed by atoms with Crippen LogP contribution in [-0.2, 0) is 10.2 Å². The van der Waals surface area contributed by atoms with Crippen LogP contribution in [0.5, 0.6) is 5.88 Å². The summed E-state index contributed by atoms with van der Waals surface area (Å²) in [6.45, 7) is 16.1. The molecule has 7 heterocycles. The average molecular weight is 881 g/mol. The molecule has 1 amide bonds. The Morgan fingerprint density at radius 3 is 1.90 bits per heavy atom. The number of aliphatic hydroxyl groups is 2. The van der Waals surface area contributed by atoms with Crippen molar-refractivity contribution in [1.82, 2.24) is 30.0 Å². The number of fused-ring (bicyclic) bond motifs is 4. The molecule has 2 aromatic heterocycles. The zero-order valence-electron chi connectivity index (χ0n) is 36.3. The molecule has 4 fully saturated rings. The third-order valence-electron chi connectivity index (χ3n) is 12.5. The van der Waals surface area contributed by atoms with Gasteiger partial charge in [0.05, 0.1) is 29.4 Å². The van der Waals surface area contributed by atoms with E-state index in [0.717, 1.165) is 103 Å². The molecule has 0 saturated carbocycles. The van der Waals surface area contributed by atoms with Crippen molar-refractivity contribution in [2.75, 3.05) is 109 Å². The first-order chi connectivity index (χ1) is 28.9. The average Bonchev–Trinajstić information content (AvgIpc) is 3.51. The molecular formula is C47H74BrN7O4. The number of hydrogen-bond acceptors (Lipinski definition) is 10. The third kappa shape index (κ3) is 13.9. The largest absolute Gasteiger partial charge is 0.478 e. The molecule has 1 aromatic carbocycles. The Kier molecular flexibility index (Phi) is 20.8. The van der Waals surface area contributed by atoms with Gasteiger partial charge in [-0.3, -0.25) is 9.78 Å². The van der Waals surface area contributed by atoms with Gasteiger partial charge in [-0.1, -0.05) is 48.2 Å². The van der Waals surface area contributed by atoms with Gasteiger partial charge in [0.1, 0.15) is 0 Å². The lowest BCUT2D eigenvalue weighted by molar-refractivity contribution is -0.124. The van der Waals surface area contributed by atoms with E-state index in [4.69, 9.17) is 19.9 Å². The lowest BCUT2D eigenvalue weighted by Crippen LogP contribution is -2.48. The molecule has 0 unspecified atom stereocenters. The maximum atomic E-state index is 13.6. The summed E-state index contributed by atoms with van der Waals surface area (Å²) in [5.41, 5.74) is 4.72. The molecule has 5 aliphatic heterocycles. The molecule has 0 radical (unpaired) electrons. The molecule has 8 rings (SSSR count). The Hall–Kier alpha value is -2.71. The summed E-state index contributed by atoms with van der Waals surface area (Å²) in [6, 6.07) is 10.4. The van der Waals surface area contributed by atoms with Gasteiger partial charge in [0.2, 0.25) is 11.8 Å². The van der Waals surface area contributed by atoms with Crippen LogP contribution < -0.4 is 15.0 Å².